The molecule has 0 amide bonds. The molecule has 0 radical (unpaired) electrons. The average Bonchev–Trinajstić information content (AvgIpc) is 1.60. The van der Waals surface area contributed by atoms with Gasteiger partial charge in [-0.15, -0.1) is 0 Å². The van der Waals surface area contributed by atoms with E-state index in [1.807, 2.05) is 54.6 Å². The van der Waals surface area contributed by atoms with Gasteiger partial charge < -0.3 is 13.7 Å². The van der Waals surface area contributed by atoms with Crippen molar-refractivity contribution in [1.29, 1.82) is 0 Å². The molecule has 21 aromatic rings. The molecule has 0 aliphatic carbocycles. The molecule has 114 heavy (non-hydrogen) atoms. The third-order valence-electron chi connectivity index (χ3n) is 21.0. The lowest BCUT2D eigenvalue weighted by Gasteiger charge is -2.12. The maximum atomic E-state index is 5.09. The Kier molecular flexibility index (Phi) is 19.5. The molecule has 0 saturated carbocycles. The molecule has 0 atom stereocenters. The molecular weight excluding hydrogens is 1590 g/mol. The van der Waals surface area contributed by atoms with E-state index in [0.29, 0.717) is 0 Å². The first kappa shape index (κ1) is 70.9. The van der Waals surface area contributed by atoms with E-state index in [4.69, 9.17) is 19.9 Å². The highest BCUT2D eigenvalue weighted by atomic mass is 79.9. The van der Waals surface area contributed by atoms with Gasteiger partial charge in [-0.3, -0.25) is 0 Å². The van der Waals surface area contributed by atoms with Gasteiger partial charge in [0.15, 0.2) is 5.82 Å². The van der Waals surface area contributed by atoms with E-state index in [-0.39, 0.29) is 0 Å². The van der Waals surface area contributed by atoms with Crippen molar-refractivity contribution < 1.29 is 0 Å². The Morgan fingerprint density at radius 3 is 0.702 bits per heavy atom. The quantitative estimate of drug-likeness (QED) is 0.122. The first-order valence-electron chi connectivity index (χ1n) is 37.9. The second kappa shape index (κ2) is 31.4. The molecule has 0 fully saturated rings. The Balaban J connectivity index is 0.000000115. The molecule has 0 aliphatic heterocycles. The molecule has 6 heterocycles. The Bertz CT molecular complexity index is 6220. The van der Waals surface area contributed by atoms with Crippen LogP contribution < -0.4 is 0 Å². The van der Waals surface area contributed by atoms with Crippen LogP contribution in [0.5, 0.6) is 0 Å². The minimum absolute atomic E-state index is 0.721. The lowest BCUT2D eigenvalue weighted by Crippen LogP contribution is -1.97. The van der Waals surface area contributed by atoms with Crippen LogP contribution in [-0.2, 0) is 0 Å². The number of benzene rings is 15. The number of para-hydroxylation sites is 3. The Labute approximate surface area is 685 Å². The molecule has 0 unspecified atom stereocenters. The second-order valence-electron chi connectivity index (χ2n) is 28.0. The summed E-state index contributed by atoms with van der Waals surface area (Å²) in [6.07, 6.45) is 0. The van der Waals surface area contributed by atoms with E-state index in [1.165, 1.54) is 71.0 Å². The number of fused-ring (bicyclic) bond motifs is 9. The van der Waals surface area contributed by atoms with Crippen molar-refractivity contribution in [3.8, 4) is 118 Å². The number of pyridine rings is 2. The van der Waals surface area contributed by atoms with Crippen LogP contribution in [0.25, 0.3) is 184 Å². The lowest BCUT2D eigenvalue weighted by atomic mass is 10.00. The maximum absolute atomic E-state index is 5.09. The van der Waals surface area contributed by atoms with Gasteiger partial charge in [0.1, 0.15) is 0 Å². The van der Waals surface area contributed by atoms with Gasteiger partial charge in [0.2, 0.25) is 0 Å². The highest BCUT2D eigenvalue weighted by Crippen LogP contribution is 2.42. The summed E-state index contributed by atoms with van der Waals surface area (Å²) < 4.78 is 10.3. The molecule has 0 spiro atoms. The number of hydrogen-bond acceptors (Lipinski definition) is 4. The van der Waals surface area contributed by atoms with Crippen molar-refractivity contribution in [2.45, 2.75) is 0 Å². The number of hydrogen-bond donors (Lipinski definition) is 0. The predicted octanol–water partition coefficient (Wildman–Crippen LogP) is 29.2. The minimum Gasteiger partial charge on any atom is -0.309 e. The zero-order valence-corrected chi connectivity index (χ0v) is 66.3. The normalized spacial score (nSPS) is 11.3. The van der Waals surface area contributed by atoms with E-state index in [1.54, 1.807) is 0 Å². The lowest BCUT2D eigenvalue weighted by molar-refractivity contribution is 1.17. The van der Waals surface area contributed by atoms with Crippen LogP contribution in [0.1, 0.15) is 0 Å². The van der Waals surface area contributed by atoms with Gasteiger partial charge in [-0.1, -0.05) is 339 Å². The monoisotopic (exact) mass is 1650 g/mol. The molecular formula is C104H68Br3N7. The van der Waals surface area contributed by atoms with Crippen LogP contribution in [0.3, 0.4) is 0 Å². The van der Waals surface area contributed by atoms with Crippen LogP contribution in [-0.4, -0.2) is 33.6 Å². The Morgan fingerprint density at radius 2 is 0.395 bits per heavy atom. The first-order valence-corrected chi connectivity index (χ1v) is 40.3. The van der Waals surface area contributed by atoms with Crippen LogP contribution in [0.4, 0.5) is 0 Å². The van der Waals surface area contributed by atoms with Crippen LogP contribution in [0, 0.1) is 0 Å². The van der Waals surface area contributed by atoms with Gasteiger partial charge in [-0.25, -0.2) is 19.9 Å². The van der Waals surface area contributed by atoms with E-state index in [9.17, 15) is 0 Å². The zero-order valence-electron chi connectivity index (χ0n) is 61.5. The Hall–Kier alpha value is -13.5. The molecule has 15 aromatic carbocycles. The third kappa shape index (κ3) is 13.9. The first-order chi connectivity index (χ1) is 56.3. The summed E-state index contributed by atoms with van der Waals surface area (Å²) in [4.78, 5) is 20.0. The smallest absolute Gasteiger partial charge is 0.160 e. The highest BCUT2D eigenvalue weighted by molar-refractivity contribution is 9.11. The summed E-state index contributed by atoms with van der Waals surface area (Å²) in [7, 11) is 0. The van der Waals surface area contributed by atoms with Crippen LogP contribution in [0.2, 0.25) is 0 Å². The zero-order chi connectivity index (χ0) is 76.4. The number of aromatic nitrogens is 7. The van der Waals surface area contributed by atoms with Crippen molar-refractivity contribution in [3.63, 3.8) is 0 Å². The number of nitrogens with zero attached hydrogens (tertiary/aromatic N) is 7. The number of halogens is 3. The highest BCUT2D eigenvalue weighted by Gasteiger charge is 2.20. The Morgan fingerprint density at radius 1 is 0.167 bits per heavy atom. The standard InChI is InChI=1S/2C35H23BrN2.C34H22BrN3/c36-30-15-9-17-34-35(30)29-14-7-8-16-33(29)38(34)28-20-18-24(19-21-28)27-22-31(25-10-3-1-4-11-25)37-32(23-27)26-12-5-2-6-13-26;36-30-15-9-17-34-35(30)29-14-7-8-16-33(29)38(34)28-20-18-26(19-21-28)32-23-27(24-10-3-1-4-11-24)22-31(37-32)25-12-5-2-6-13-25;35-28-15-9-17-32-33(28)27-14-7-8-16-31(27)38(32)26-20-18-24(19-21-26)30-22-29(23-10-3-1-4-11-23)36-34(37-30)25-12-5-2-6-13-25/h2*1-23H;1-22H. The summed E-state index contributed by atoms with van der Waals surface area (Å²) >= 11 is 11.3. The van der Waals surface area contributed by atoms with Gasteiger partial charge in [-0.2, -0.15) is 0 Å². The van der Waals surface area contributed by atoms with Gasteiger partial charge in [0.05, 0.1) is 67.3 Å². The van der Waals surface area contributed by atoms with Crippen LogP contribution >= 0.6 is 47.8 Å². The fourth-order valence-corrected chi connectivity index (χ4v) is 17.3. The van der Waals surface area contributed by atoms with Gasteiger partial charge in [-0.05, 0) is 144 Å². The fraction of sp³-hybridized carbons (Fsp3) is 0. The number of rotatable bonds is 12. The topological polar surface area (TPSA) is 66.3 Å². The molecule has 0 aliphatic rings. The molecule has 540 valence electrons. The average molecular weight is 1660 g/mol. The fourth-order valence-electron chi connectivity index (χ4n) is 15.6. The molecule has 0 saturated heterocycles. The van der Waals surface area contributed by atoms with Crippen molar-refractivity contribution in [3.05, 3.63) is 426 Å². The molecule has 21 rings (SSSR count). The summed E-state index contributed by atoms with van der Waals surface area (Å²) in [5.74, 6) is 0.721. The van der Waals surface area contributed by atoms with Crippen molar-refractivity contribution in [2.24, 2.45) is 0 Å². The van der Waals surface area contributed by atoms with Gasteiger partial charge in [0, 0.05) is 102 Å². The molecule has 0 N–H and O–H groups in total. The summed E-state index contributed by atoms with van der Waals surface area (Å²) in [5.41, 5.74) is 28.4. The summed E-state index contributed by atoms with van der Waals surface area (Å²) in [6, 6.07) is 144. The molecule has 10 heteroatoms. The van der Waals surface area contributed by atoms with E-state index >= 15 is 0 Å². The van der Waals surface area contributed by atoms with E-state index in [0.717, 1.165) is 126 Å². The largest absolute Gasteiger partial charge is 0.309 e. The summed E-state index contributed by atoms with van der Waals surface area (Å²) in [5, 5.41) is 7.41. The van der Waals surface area contributed by atoms with Gasteiger partial charge in [0.25, 0.3) is 0 Å². The van der Waals surface area contributed by atoms with Crippen molar-refractivity contribution in [2.75, 3.05) is 0 Å². The van der Waals surface area contributed by atoms with Crippen LogP contribution in [0.15, 0.2) is 426 Å². The molecule has 6 aromatic heterocycles. The maximum Gasteiger partial charge on any atom is 0.160 e. The molecule has 0 bridgehead atoms. The summed E-state index contributed by atoms with van der Waals surface area (Å²) in [6.45, 7) is 0. The van der Waals surface area contributed by atoms with Crippen molar-refractivity contribution in [1.82, 2.24) is 33.6 Å². The second-order valence-corrected chi connectivity index (χ2v) is 30.6. The SMILES string of the molecule is Brc1cccc2c1c1ccccc1n2-c1ccc(-c2cc(-c3ccccc3)cc(-c3ccccc3)n2)cc1.Brc1cccc2c1c1ccccc1n2-c1ccc(-c2cc(-c3ccccc3)nc(-c3ccccc3)c2)cc1.Brc1cccc2c1c1ccccc1n2-c1ccc(-c2cc(-c3ccccc3)nc(-c3ccccc3)n2)cc1. The predicted molar refractivity (Wildman–Crippen MR) is 486 cm³/mol. The third-order valence-corrected chi connectivity index (χ3v) is 23.0. The van der Waals surface area contributed by atoms with E-state index < -0.39 is 0 Å². The minimum atomic E-state index is 0.721. The molecule has 7 nitrogen and oxygen atoms in total. The van der Waals surface area contributed by atoms with E-state index in [2.05, 4.69) is 419 Å². The van der Waals surface area contributed by atoms with Crippen molar-refractivity contribution >= 4 is 113 Å². The van der Waals surface area contributed by atoms with Gasteiger partial charge >= 0.3 is 0 Å².